The van der Waals surface area contributed by atoms with Gasteiger partial charge in [-0.05, 0) is 69.2 Å². The predicted molar refractivity (Wildman–Crippen MR) is 105 cm³/mol. The third-order valence-corrected chi connectivity index (χ3v) is 6.07. The molecular weight excluding hydrogens is 361 g/mol. The highest BCUT2D eigenvalue weighted by Gasteiger charge is 2.29. The number of likely N-dealkylation sites (tertiary alicyclic amines) is 1. The van der Waals surface area contributed by atoms with Gasteiger partial charge in [-0.1, -0.05) is 12.1 Å². The van der Waals surface area contributed by atoms with Gasteiger partial charge in [0.05, 0.1) is 6.54 Å². The number of carboxylic acid groups (broad SMARTS) is 1. The highest BCUT2D eigenvalue weighted by Crippen LogP contribution is 2.34. The van der Waals surface area contributed by atoms with Crippen molar-refractivity contribution in [3.8, 4) is 0 Å². The van der Waals surface area contributed by atoms with Crippen LogP contribution in [0.5, 0.6) is 0 Å². The first-order valence-corrected chi connectivity index (χ1v) is 10.2. The van der Waals surface area contributed by atoms with Gasteiger partial charge in [0.2, 0.25) is 0 Å². The number of rotatable bonds is 5. The number of benzene rings is 1. The molecule has 7 heteroatoms. The lowest BCUT2D eigenvalue weighted by atomic mass is 9.97. The van der Waals surface area contributed by atoms with Gasteiger partial charge in [0.1, 0.15) is 5.82 Å². The monoisotopic (exact) mass is 391 g/mol. The maximum absolute atomic E-state index is 13.5. The van der Waals surface area contributed by atoms with Gasteiger partial charge < -0.3 is 15.3 Å². The lowest BCUT2D eigenvalue weighted by Gasteiger charge is -2.26. The Balaban J connectivity index is 1.48. The van der Waals surface area contributed by atoms with E-state index in [0.717, 1.165) is 44.1 Å². The summed E-state index contributed by atoms with van der Waals surface area (Å²) >= 11 is 0. The number of halogens is 1. The number of amides is 2. The maximum atomic E-state index is 13.5. The first-order valence-electron chi connectivity index (χ1n) is 10.2. The molecule has 0 radical (unpaired) electrons. The van der Waals surface area contributed by atoms with Gasteiger partial charge in [-0.2, -0.15) is 0 Å². The second kappa shape index (κ2) is 9.37. The highest BCUT2D eigenvalue weighted by atomic mass is 19.1. The summed E-state index contributed by atoms with van der Waals surface area (Å²) in [6.45, 7) is 1.37. The van der Waals surface area contributed by atoms with Gasteiger partial charge in [0.15, 0.2) is 0 Å². The quantitative estimate of drug-likeness (QED) is 0.809. The molecule has 3 unspecified atom stereocenters. The number of carboxylic acids is 1. The molecule has 1 heterocycles. The van der Waals surface area contributed by atoms with E-state index in [9.17, 15) is 14.0 Å². The molecule has 1 aromatic rings. The van der Waals surface area contributed by atoms with Crippen molar-refractivity contribution in [3.63, 3.8) is 0 Å². The van der Waals surface area contributed by atoms with Crippen molar-refractivity contribution in [3.05, 3.63) is 35.6 Å². The minimum absolute atomic E-state index is 0.0282. The van der Waals surface area contributed by atoms with Crippen molar-refractivity contribution in [2.45, 2.75) is 56.5 Å². The number of hydrogen-bond donors (Lipinski definition) is 2. The molecule has 2 amide bonds. The molecule has 2 aliphatic rings. The van der Waals surface area contributed by atoms with Crippen LogP contribution >= 0.6 is 0 Å². The fraction of sp³-hybridized carbons (Fsp3) is 0.619. The molecule has 0 aromatic heterocycles. The number of nitrogens with zero attached hydrogens (tertiary/aromatic N) is 2. The Hall–Kier alpha value is -2.15. The van der Waals surface area contributed by atoms with E-state index in [0.29, 0.717) is 19.0 Å². The largest absolute Gasteiger partial charge is 0.480 e. The Morgan fingerprint density at radius 2 is 2.07 bits per heavy atom. The summed E-state index contributed by atoms with van der Waals surface area (Å²) in [5.74, 6) is -0.744. The van der Waals surface area contributed by atoms with Crippen LogP contribution in [0.4, 0.5) is 9.18 Å². The molecule has 1 aliphatic heterocycles. The van der Waals surface area contributed by atoms with Crippen molar-refractivity contribution >= 4 is 12.0 Å². The molecular formula is C21H30FN3O3. The van der Waals surface area contributed by atoms with E-state index in [4.69, 9.17) is 5.11 Å². The van der Waals surface area contributed by atoms with Gasteiger partial charge in [0, 0.05) is 25.2 Å². The molecule has 0 bridgehead atoms. The van der Waals surface area contributed by atoms with Gasteiger partial charge >= 0.3 is 12.0 Å². The number of urea groups is 1. The van der Waals surface area contributed by atoms with Crippen LogP contribution in [0, 0.1) is 5.82 Å². The molecule has 1 saturated heterocycles. The summed E-state index contributed by atoms with van der Waals surface area (Å²) in [7, 11) is 1.83. The van der Waals surface area contributed by atoms with Crippen molar-refractivity contribution in [2.75, 3.05) is 26.7 Å². The van der Waals surface area contributed by atoms with Gasteiger partial charge in [-0.15, -0.1) is 0 Å². The number of likely N-dealkylation sites (N-methyl/N-ethyl adjacent to an activating group) is 1. The number of carbonyl (C=O) groups is 2. The Kier molecular flexibility index (Phi) is 6.88. The topological polar surface area (TPSA) is 72.9 Å². The van der Waals surface area contributed by atoms with Crippen molar-refractivity contribution < 1.29 is 19.1 Å². The van der Waals surface area contributed by atoms with E-state index in [1.54, 1.807) is 12.1 Å². The molecule has 1 saturated carbocycles. The lowest BCUT2D eigenvalue weighted by Crippen LogP contribution is -2.45. The zero-order valence-corrected chi connectivity index (χ0v) is 16.4. The zero-order chi connectivity index (χ0) is 20.1. The van der Waals surface area contributed by atoms with Crippen LogP contribution in [-0.4, -0.2) is 65.7 Å². The van der Waals surface area contributed by atoms with E-state index in [1.165, 1.54) is 6.07 Å². The summed E-state index contributed by atoms with van der Waals surface area (Å²) in [6.07, 6.45) is 5.26. The molecule has 3 rings (SSSR count). The van der Waals surface area contributed by atoms with E-state index in [-0.39, 0.29) is 30.5 Å². The molecule has 6 nitrogen and oxygen atoms in total. The third kappa shape index (κ3) is 5.44. The Morgan fingerprint density at radius 3 is 2.82 bits per heavy atom. The second-order valence-corrected chi connectivity index (χ2v) is 8.09. The van der Waals surface area contributed by atoms with Crippen molar-refractivity contribution in [2.24, 2.45) is 0 Å². The molecule has 2 fully saturated rings. The zero-order valence-electron chi connectivity index (χ0n) is 16.4. The Labute approximate surface area is 165 Å². The number of aliphatic carboxylic acids is 1. The Morgan fingerprint density at radius 1 is 1.25 bits per heavy atom. The smallest absolute Gasteiger partial charge is 0.317 e. The molecule has 1 aromatic carbocycles. The van der Waals surface area contributed by atoms with Crippen LogP contribution in [0.3, 0.4) is 0 Å². The second-order valence-electron chi connectivity index (χ2n) is 8.09. The van der Waals surface area contributed by atoms with E-state index < -0.39 is 5.97 Å². The lowest BCUT2D eigenvalue weighted by molar-refractivity contribution is -0.138. The number of hydrogen-bond acceptors (Lipinski definition) is 3. The summed E-state index contributed by atoms with van der Waals surface area (Å²) in [6, 6.07) is 7.03. The van der Waals surface area contributed by atoms with Gasteiger partial charge in [-0.3, -0.25) is 9.69 Å². The van der Waals surface area contributed by atoms with E-state index >= 15 is 0 Å². The average molecular weight is 391 g/mol. The van der Waals surface area contributed by atoms with Crippen LogP contribution in [0.2, 0.25) is 0 Å². The highest BCUT2D eigenvalue weighted by molar-refractivity contribution is 5.74. The number of carbonyl (C=O) groups excluding carboxylic acids is 1. The average Bonchev–Trinajstić information content (AvgIpc) is 2.96. The molecule has 1 aliphatic carbocycles. The fourth-order valence-corrected chi connectivity index (χ4v) is 4.51. The van der Waals surface area contributed by atoms with Crippen LogP contribution in [0.15, 0.2) is 24.3 Å². The predicted octanol–water partition coefficient (Wildman–Crippen LogP) is 3.04. The van der Waals surface area contributed by atoms with Crippen molar-refractivity contribution in [1.82, 2.24) is 15.1 Å². The minimum atomic E-state index is -0.824. The summed E-state index contributed by atoms with van der Waals surface area (Å²) in [5.41, 5.74) is 1.01. The standard InChI is InChI=1S/C21H30FN3O3/c1-24(14-20(26)27)19-6-3-10-25(11-9-19)21(28)23-18-8-7-16(13-18)15-4-2-5-17(22)12-15/h2,4-5,12,16,18-19H,3,6-11,13-14H2,1H3,(H,23,28)(H,26,27). The van der Waals surface area contributed by atoms with Crippen LogP contribution in [-0.2, 0) is 4.79 Å². The third-order valence-electron chi connectivity index (χ3n) is 6.07. The summed E-state index contributed by atoms with van der Waals surface area (Å²) < 4.78 is 13.5. The first-order chi connectivity index (χ1) is 13.4. The number of nitrogens with one attached hydrogen (secondary N) is 1. The van der Waals surface area contributed by atoms with Crippen LogP contribution < -0.4 is 5.32 Å². The molecule has 3 atom stereocenters. The molecule has 154 valence electrons. The molecule has 2 N–H and O–H groups in total. The molecule has 28 heavy (non-hydrogen) atoms. The minimum Gasteiger partial charge on any atom is -0.480 e. The fourth-order valence-electron chi connectivity index (χ4n) is 4.51. The van der Waals surface area contributed by atoms with E-state index in [2.05, 4.69) is 5.32 Å². The summed E-state index contributed by atoms with van der Waals surface area (Å²) in [4.78, 5) is 27.3. The normalized spacial score (nSPS) is 25.5. The van der Waals surface area contributed by atoms with Crippen LogP contribution in [0.25, 0.3) is 0 Å². The van der Waals surface area contributed by atoms with Gasteiger partial charge in [-0.25, -0.2) is 9.18 Å². The van der Waals surface area contributed by atoms with Crippen LogP contribution in [0.1, 0.15) is 50.0 Å². The van der Waals surface area contributed by atoms with Gasteiger partial charge in [0.25, 0.3) is 0 Å². The summed E-state index contributed by atoms with van der Waals surface area (Å²) in [5, 5.41) is 12.1. The maximum Gasteiger partial charge on any atom is 0.317 e. The Bertz CT molecular complexity index is 699. The van der Waals surface area contributed by atoms with Crippen molar-refractivity contribution in [1.29, 1.82) is 0 Å². The van der Waals surface area contributed by atoms with E-state index in [1.807, 2.05) is 22.9 Å². The molecule has 0 spiro atoms. The SMILES string of the molecule is CN(CC(=O)O)C1CCCN(C(=O)NC2CCC(c3cccc(F)c3)C2)CC1. The first kappa shape index (κ1) is 20.6.